The lowest BCUT2D eigenvalue weighted by Crippen LogP contribution is -2.30. The smallest absolute Gasteiger partial charge is 0.200 e. The highest BCUT2D eigenvalue weighted by Crippen LogP contribution is 2.53. The normalized spacial score (nSPS) is 13.7. The van der Waals surface area contributed by atoms with Crippen LogP contribution in [0.1, 0.15) is 51.3 Å². The predicted molar refractivity (Wildman–Crippen MR) is 206 cm³/mol. The zero-order valence-corrected chi connectivity index (χ0v) is 30.6. The van der Waals surface area contributed by atoms with Gasteiger partial charge >= 0.3 is 0 Å². The minimum Gasteiger partial charge on any atom is -0.310 e. The van der Waals surface area contributed by atoms with Crippen molar-refractivity contribution in [2.45, 2.75) is 45.4 Å². The van der Waals surface area contributed by atoms with Crippen LogP contribution in [0, 0.1) is 29.1 Å². The van der Waals surface area contributed by atoms with E-state index in [0.29, 0.717) is 5.69 Å². The lowest BCUT2D eigenvalue weighted by atomic mass is 9.73. The summed E-state index contributed by atoms with van der Waals surface area (Å²) in [6.45, 7) is 10.9. The average molecular weight is 740 g/mol. The molecule has 0 fully saturated rings. The standard InChI is InChI=1S/C45H34F5N5/c1-44(2,3)26-18-19-51-37(20-26)55-33-12-8-6-10-29(33)30-16-14-28(22-35(30)55)54-34-13-9-7-11-31(34)45(4,5)32-17-15-27(21-36(32)54)53-24-25(23-52-53)38-39(46)41(48)43(50)42(49)40(38)47/h6-24H,1-5H3. The maximum Gasteiger partial charge on any atom is 0.200 e. The van der Waals surface area contributed by atoms with Crippen LogP contribution in [0.5, 0.6) is 0 Å². The zero-order chi connectivity index (χ0) is 38.6. The van der Waals surface area contributed by atoms with Gasteiger partial charge in [-0.1, -0.05) is 83.1 Å². The van der Waals surface area contributed by atoms with Crippen LogP contribution in [-0.2, 0) is 10.8 Å². The maximum atomic E-state index is 14.8. The average Bonchev–Trinajstić information content (AvgIpc) is 3.79. The van der Waals surface area contributed by atoms with Gasteiger partial charge in [-0.2, -0.15) is 5.10 Å². The lowest BCUT2D eigenvalue weighted by molar-refractivity contribution is 0.381. The first-order valence-corrected chi connectivity index (χ1v) is 17.9. The van der Waals surface area contributed by atoms with Gasteiger partial charge in [0.05, 0.1) is 39.9 Å². The molecule has 10 heteroatoms. The molecule has 0 unspecified atom stereocenters. The van der Waals surface area contributed by atoms with E-state index in [-0.39, 0.29) is 11.0 Å². The van der Waals surface area contributed by atoms with Crippen molar-refractivity contribution >= 4 is 38.9 Å². The lowest BCUT2D eigenvalue weighted by Gasteiger charge is -2.42. The molecule has 1 aliphatic rings. The second-order valence-corrected chi connectivity index (χ2v) is 15.5. The van der Waals surface area contributed by atoms with Gasteiger partial charge in [-0.3, -0.25) is 4.57 Å². The van der Waals surface area contributed by atoms with Crippen LogP contribution >= 0.6 is 0 Å². The summed E-state index contributed by atoms with van der Waals surface area (Å²) < 4.78 is 75.3. The highest BCUT2D eigenvalue weighted by Gasteiger charge is 2.37. The van der Waals surface area contributed by atoms with Crippen molar-refractivity contribution in [3.63, 3.8) is 0 Å². The van der Waals surface area contributed by atoms with Gasteiger partial charge in [0.25, 0.3) is 0 Å². The summed E-state index contributed by atoms with van der Waals surface area (Å²) in [6.07, 6.45) is 4.20. The van der Waals surface area contributed by atoms with E-state index >= 15 is 0 Å². The van der Waals surface area contributed by atoms with Crippen molar-refractivity contribution in [2.75, 3.05) is 4.90 Å². The van der Waals surface area contributed by atoms with Crippen molar-refractivity contribution in [3.8, 4) is 22.6 Å². The molecule has 5 nitrogen and oxygen atoms in total. The Morgan fingerprint density at radius 1 is 0.618 bits per heavy atom. The van der Waals surface area contributed by atoms with E-state index in [2.05, 4.69) is 104 Å². The molecule has 1 aliphatic heterocycles. The predicted octanol–water partition coefficient (Wildman–Crippen LogP) is 12.1. The molecule has 3 aromatic heterocycles. The summed E-state index contributed by atoms with van der Waals surface area (Å²) in [4.78, 5) is 7.04. The molecule has 0 bridgehead atoms. The largest absolute Gasteiger partial charge is 0.310 e. The van der Waals surface area contributed by atoms with E-state index in [9.17, 15) is 22.0 Å². The van der Waals surface area contributed by atoms with Crippen molar-refractivity contribution in [1.29, 1.82) is 0 Å². The molecule has 55 heavy (non-hydrogen) atoms. The molecule has 0 radical (unpaired) electrons. The second-order valence-electron chi connectivity index (χ2n) is 15.5. The Morgan fingerprint density at radius 3 is 2.04 bits per heavy atom. The molecule has 274 valence electrons. The van der Waals surface area contributed by atoms with Gasteiger partial charge in [0.1, 0.15) is 5.82 Å². The molecule has 8 aromatic rings. The van der Waals surface area contributed by atoms with E-state index in [1.165, 1.54) is 10.9 Å². The zero-order valence-electron chi connectivity index (χ0n) is 30.6. The van der Waals surface area contributed by atoms with Crippen LogP contribution in [0.25, 0.3) is 44.4 Å². The highest BCUT2D eigenvalue weighted by molar-refractivity contribution is 6.10. The van der Waals surface area contributed by atoms with Gasteiger partial charge in [-0.05, 0) is 70.6 Å². The second kappa shape index (κ2) is 12.1. The molecular weight excluding hydrogens is 706 g/mol. The van der Waals surface area contributed by atoms with Crippen molar-refractivity contribution in [2.24, 2.45) is 0 Å². The summed E-state index contributed by atoms with van der Waals surface area (Å²) in [7, 11) is 0. The highest BCUT2D eigenvalue weighted by atomic mass is 19.2. The molecule has 0 saturated heterocycles. The van der Waals surface area contributed by atoms with E-state index in [0.717, 1.165) is 67.6 Å². The number of anilines is 3. The number of para-hydroxylation sites is 2. The SMILES string of the molecule is CC(C)(C)c1ccnc(-n2c3ccccc3c3ccc(N4c5ccccc5C(C)(C)c5ccc(-n6cc(-c7c(F)c(F)c(F)c(F)c7F)cn6)cc54)cc32)c1. The van der Waals surface area contributed by atoms with E-state index in [1.807, 2.05) is 48.7 Å². The number of halogens is 5. The topological polar surface area (TPSA) is 38.9 Å². The van der Waals surface area contributed by atoms with E-state index in [1.54, 1.807) is 0 Å². The van der Waals surface area contributed by atoms with Gasteiger partial charge in [0, 0.05) is 39.8 Å². The first kappa shape index (κ1) is 34.5. The summed E-state index contributed by atoms with van der Waals surface area (Å²) in [5, 5.41) is 6.47. The number of pyridine rings is 1. The molecular formula is C45H34F5N5. The minimum atomic E-state index is -2.21. The fourth-order valence-electron chi connectivity index (χ4n) is 7.93. The first-order valence-electron chi connectivity index (χ1n) is 17.9. The molecule has 9 rings (SSSR count). The maximum absolute atomic E-state index is 14.8. The van der Waals surface area contributed by atoms with E-state index in [4.69, 9.17) is 4.98 Å². The third kappa shape index (κ3) is 5.18. The molecule has 0 amide bonds. The van der Waals surface area contributed by atoms with Crippen LogP contribution in [0.15, 0.2) is 116 Å². The fraction of sp³-hybridized carbons (Fsp3) is 0.156. The number of fused-ring (bicyclic) bond motifs is 5. The summed E-state index contributed by atoms with van der Waals surface area (Å²) in [5.41, 5.74) is 6.69. The quantitative estimate of drug-likeness (QED) is 0.102. The number of aromatic nitrogens is 4. The van der Waals surface area contributed by atoms with Crippen molar-refractivity contribution in [3.05, 3.63) is 161 Å². The Bertz CT molecular complexity index is 2830. The number of rotatable bonds is 4. The van der Waals surface area contributed by atoms with Gasteiger partial charge < -0.3 is 4.90 Å². The van der Waals surface area contributed by atoms with Gasteiger partial charge in [-0.15, -0.1) is 0 Å². The molecule has 0 N–H and O–H groups in total. The van der Waals surface area contributed by atoms with Crippen LogP contribution < -0.4 is 4.90 Å². The van der Waals surface area contributed by atoms with Crippen molar-refractivity contribution in [1.82, 2.24) is 19.3 Å². The first-order chi connectivity index (χ1) is 26.3. The molecule has 5 aromatic carbocycles. The van der Waals surface area contributed by atoms with Gasteiger partial charge in [-0.25, -0.2) is 31.6 Å². The monoisotopic (exact) mass is 739 g/mol. The fourth-order valence-corrected chi connectivity index (χ4v) is 7.93. The molecule has 4 heterocycles. The molecule has 0 saturated carbocycles. The number of hydrogen-bond donors (Lipinski definition) is 0. The summed E-state index contributed by atoms with van der Waals surface area (Å²) in [6, 6.07) is 32.8. The Labute approximate surface area is 313 Å². The minimum absolute atomic E-state index is 0.0869. The molecule has 0 spiro atoms. The molecule has 0 atom stereocenters. The van der Waals surface area contributed by atoms with Crippen LogP contribution in [-0.4, -0.2) is 19.3 Å². The number of hydrogen-bond acceptors (Lipinski definition) is 3. The third-order valence-electron chi connectivity index (χ3n) is 10.8. The van der Waals surface area contributed by atoms with Gasteiger partial charge in [0.2, 0.25) is 5.82 Å². The Kier molecular flexibility index (Phi) is 7.59. The molecule has 0 aliphatic carbocycles. The number of benzene rings is 5. The van der Waals surface area contributed by atoms with Gasteiger partial charge in [0.15, 0.2) is 23.3 Å². The number of nitrogens with zero attached hydrogens (tertiary/aromatic N) is 5. The van der Waals surface area contributed by atoms with Crippen LogP contribution in [0.2, 0.25) is 0 Å². The van der Waals surface area contributed by atoms with Crippen LogP contribution in [0.3, 0.4) is 0 Å². The van der Waals surface area contributed by atoms with E-state index < -0.39 is 40.1 Å². The Morgan fingerprint density at radius 2 is 1.27 bits per heavy atom. The summed E-state index contributed by atoms with van der Waals surface area (Å²) in [5.74, 6) is -9.27. The Balaban J connectivity index is 1.25. The third-order valence-corrected chi connectivity index (χ3v) is 10.8. The Hall–Kier alpha value is -6.29. The van der Waals surface area contributed by atoms with Crippen molar-refractivity contribution < 1.29 is 22.0 Å². The summed E-state index contributed by atoms with van der Waals surface area (Å²) >= 11 is 0. The van der Waals surface area contributed by atoms with Crippen LogP contribution in [0.4, 0.5) is 39.0 Å².